The molecule has 10 rings (SSSR count). The molecule has 0 amide bonds. The Labute approximate surface area is 295 Å². The smallest absolute Gasteiger partial charge is 0.164 e. The fourth-order valence-corrected chi connectivity index (χ4v) is 7.90. The zero-order valence-electron chi connectivity index (χ0n) is 27.9. The summed E-state index contributed by atoms with van der Waals surface area (Å²) in [5.41, 5.74) is 12.7. The van der Waals surface area contributed by atoms with Gasteiger partial charge in [0.15, 0.2) is 17.5 Å². The average Bonchev–Trinajstić information content (AvgIpc) is 3.71. The van der Waals surface area contributed by atoms with E-state index in [4.69, 9.17) is 19.4 Å². The molecule has 1 unspecified atom stereocenters. The zero-order valence-corrected chi connectivity index (χ0v) is 27.9. The molecule has 0 bridgehead atoms. The Kier molecular flexibility index (Phi) is 6.58. The van der Waals surface area contributed by atoms with Crippen molar-refractivity contribution in [2.75, 3.05) is 0 Å². The van der Waals surface area contributed by atoms with Crippen LogP contribution in [-0.4, -0.2) is 15.0 Å². The third-order valence-corrected chi connectivity index (χ3v) is 10.4. The van der Waals surface area contributed by atoms with Crippen LogP contribution in [0.2, 0.25) is 0 Å². The van der Waals surface area contributed by atoms with Crippen molar-refractivity contribution in [1.29, 1.82) is 0 Å². The predicted molar refractivity (Wildman–Crippen MR) is 206 cm³/mol. The first-order valence-corrected chi connectivity index (χ1v) is 17.3. The van der Waals surface area contributed by atoms with E-state index in [-0.39, 0.29) is 5.41 Å². The molecule has 1 atom stereocenters. The first-order valence-electron chi connectivity index (χ1n) is 17.3. The highest BCUT2D eigenvalue weighted by atomic mass is 16.3. The van der Waals surface area contributed by atoms with Crippen molar-refractivity contribution in [1.82, 2.24) is 15.0 Å². The minimum atomic E-state index is -0.270. The Morgan fingerprint density at radius 2 is 0.980 bits per heavy atom. The van der Waals surface area contributed by atoms with Gasteiger partial charge < -0.3 is 4.42 Å². The topological polar surface area (TPSA) is 51.8 Å². The van der Waals surface area contributed by atoms with Crippen molar-refractivity contribution >= 4 is 21.9 Å². The molecule has 0 radical (unpaired) electrons. The summed E-state index contributed by atoms with van der Waals surface area (Å²) < 4.78 is 6.47. The summed E-state index contributed by atoms with van der Waals surface area (Å²) in [7, 11) is 0. The molecule has 2 heterocycles. The minimum Gasteiger partial charge on any atom is -0.456 e. The van der Waals surface area contributed by atoms with Crippen molar-refractivity contribution in [3.63, 3.8) is 0 Å². The van der Waals surface area contributed by atoms with Crippen LogP contribution < -0.4 is 0 Å². The van der Waals surface area contributed by atoms with Crippen LogP contribution in [0, 0.1) is 0 Å². The van der Waals surface area contributed by atoms with Crippen molar-refractivity contribution in [3.05, 3.63) is 187 Å². The fraction of sp³-hybridized carbons (Fsp3) is 0.0426. The summed E-state index contributed by atoms with van der Waals surface area (Å²) in [5.74, 6) is 1.85. The molecular weight excluding hydrogens is 623 g/mol. The molecule has 4 heteroatoms. The molecule has 0 saturated carbocycles. The average molecular weight is 654 g/mol. The summed E-state index contributed by atoms with van der Waals surface area (Å²) in [5, 5.41) is 2.16. The quantitative estimate of drug-likeness (QED) is 0.185. The van der Waals surface area contributed by atoms with Crippen LogP contribution in [0.4, 0.5) is 0 Å². The van der Waals surface area contributed by atoms with Crippen molar-refractivity contribution < 1.29 is 4.42 Å². The van der Waals surface area contributed by atoms with Gasteiger partial charge >= 0.3 is 0 Å². The van der Waals surface area contributed by atoms with Crippen molar-refractivity contribution in [2.24, 2.45) is 0 Å². The molecular formula is C47H31N3O. The zero-order chi connectivity index (χ0) is 33.9. The number of fused-ring (bicyclic) bond motifs is 6. The van der Waals surface area contributed by atoms with Crippen molar-refractivity contribution in [3.8, 4) is 56.4 Å². The summed E-state index contributed by atoms with van der Waals surface area (Å²) in [4.78, 5) is 15.2. The largest absolute Gasteiger partial charge is 0.456 e. The summed E-state index contributed by atoms with van der Waals surface area (Å²) in [6.07, 6.45) is 0. The van der Waals surface area contributed by atoms with Gasteiger partial charge in [-0.3, -0.25) is 0 Å². The molecule has 0 N–H and O–H groups in total. The van der Waals surface area contributed by atoms with Gasteiger partial charge in [-0.1, -0.05) is 146 Å². The molecule has 0 saturated heterocycles. The Morgan fingerprint density at radius 1 is 0.412 bits per heavy atom. The van der Waals surface area contributed by atoms with E-state index >= 15 is 0 Å². The number of nitrogens with zero attached hydrogens (tertiary/aromatic N) is 3. The standard InChI is InChI=1S/C47H31N3O/c1-47(34-18-9-4-10-19-34)39-22-12-11-20-36(39)38-28-32(25-27-40(38)47)45-48-44(31-16-7-3-8-17-31)49-46(50-45)33-24-26-37-42(29-33)51-41-23-13-21-35(43(37)41)30-14-5-2-6-15-30/h2-29H,1H3. The van der Waals surface area contributed by atoms with Gasteiger partial charge in [0, 0.05) is 32.9 Å². The summed E-state index contributed by atoms with van der Waals surface area (Å²) >= 11 is 0. The minimum absolute atomic E-state index is 0.270. The second kappa shape index (κ2) is 11.5. The number of aromatic nitrogens is 3. The molecule has 2 aromatic heterocycles. The molecule has 240 valence electrons. The molecule has 1 aliphatic carbocycles. The van der Waals surface area contributed by atoms with E-state index in [1.807, 2.05) is 42.5 Å². The third-order valence-electron chi connectivity index (χ3n) is 10.4. The Balaban J connectivity index is 1.14. The molecule has 51 heavy (non-hydrogen) atoms. The first kappa shape index (κ1) is 29.3. The number of furan rings is 1. The summed E-state index contributed by atoms with van der Waals surface area (Å²) in [6.45, 7) is 2.33. The van der Waals surface area contributed by atoms with Gasteiger partial charge in [-0.25, -0.2) is 15.0 Å². The van der Waals surface area contributed by atoms with Crippen LogP contribution in [0.5, 0.6) is 0 Å². The lowest BCUT2D eigenvalue weighted by Gasteiger charge is -2.28. The van der Waals surface area contributed by atoms with E-state index in [0.29, 0.717) is 17.5 Å². The van der Waals surface area contributed by atoms with Crippen LogP contribution in [0.3, 0.4) is 0 Å². The van der Waals surface area contributed by atoms with Gasteiger partial charge in [-0.2, -0.15) is 0 Å². The maximum Gasteiger partial charge on any atom is 0.164 e. The second-order valence-corrected chi connectivity index (χ2v) is 13.3. The van der Waals surface area contributed by atoms with Gasteiger partial charge in [0.05, 0.1) is 0 Å². The highest BCUT2D eigenvalue weighted by molar-refractivity contribution is 6.13. The SMILES string of the molecule is CC1(c2ccccc2)c2ccccc2-c2cc(-c3nc(-c4ccccc4)nc(-c4ccc5c(c4)oc4cccc(-c6ccccc6)c45)n3)ccc21. The predicted octanol–water partition coefficient (Wildman–Crippen LogP) is 11.8. The number of hydrogen-bond donors (Lipinski definition) is 0. The van der Waals surface area contributed by atoms with Crippen LogP contribution in [-0.2, 0) is 5.41 Å². The Morgan fingerprint density at radius 3 is 1.73 bits per heavy atom. The second-order valence-electron chi connectivity index (χ2n) is 13.3. The summed E-state index contributed by atoms with van der Waals surface area (Å²) in [6, 6.07) is 59.3. The van der Waals surface area contributed by atoms with E-state index in [0.717, 1.165) is 49.8 Å². The Bertz CT molecular complexity index is 2750. The van der Waals surface area contributed by atoms with Gasteiger partial charge in [0.1, 0.15) is 11.2 Å². The van der Waals surface area contributed by atoms with E-state index in [2.05, 4.69) is 134 Å². The van der Waals surface area contributed by atoms with Crippen LogP contribution >= 0.6 is 0 Å². The molecule has 1 aliphatic rings. The number of hydrogen-bond acceptors (Lipinski definition) is 4. The van der Waals surface area contributed by atoms with Crippen molar-refractivity contribution in [2.45, 2.75) is 12.3 Å². The molecule has 0 spiro atoms. The molecule has 4 nitrogen and oxygen atoms in total. The lowest BCUT2D eigenvalue weighted by atomic mass is 9.74. The van der Waals surface area contributed by atoms with Gasteiger partial charge in [-0.15, -0.1) is 0 Å². The van der Waals surface area contributed by atoms with E-state index in [1.165, 1.54) is 27.8 Å². The molecule has 0 aliphatic heterocycles. The first-order chi connectivity index (χ1) is 25.1. The third kappa shape index (κ3) is 4.64. The Hall–Kier alpha value is -6.65. The highest BCUT2D eigenvalue weighted by Crippen LogP contribution is 2.53. The lowest BCUT2D eigenvalue weighted by molar-refractivity contribution is 0.669. The highest BCUT2D eigenvalue weighted by Gasteiger charge is 2.40. The molecule has 9 aromatic rings. The van der Waals surface area contributed by atoms with Crippen LogP contribution in [0.25, 0.3) is 78.4 Å². The van der Waals surface area contributed by atoms with Gasteiger partial charge in [0.2, 0.25) is 0 Å². The maximum atomic E-state index is 6.47. The number of rotatable bonds is 5. The monoisotopic (exact) mass is 653 g/mol. The fourth-order valence-electron chi connectivity index (χ4n) is 7.90. The van der Waals surface area contributed by atoms with Crippen LogP contribution in [0.15, 0.2) is 174 Å². The van der Waals surface area contributed by atoms with Crippen LogP contribution in [0.1, 0.15) is 23.6 Å². The van der Waals surface area contributed by atoms with E-state index < -0.39 is 0 Å². The van der Waals surface area contributed by atoms with E-state index in [9.17, 15) is 0 Å². The maximum absolute atomic E-state index is 6.47. The lowest BCUT2D eigenvalue weighted by Crippen LogP contribution is -2.22. The molecule has 7 aromatic carbocycles. The normalized spacial score (nSPS) is 14.8. The number of benzene rings is 7. The van der Waals surface area contributed by atoms with Gasteiger partial charge in [0.25, 0.3) is 0 Å². The van der Waals surface area contributed by atoms with E-state index in [1.54, 1.807) is 0 Å². The van der Waals surface area contributed by atoms with Gasteiger partial charge in [-0.05, 0) is 70.1 Å². The molecule has 0 fully saturated rings.